The lowest BCUT2D eigenvalue weighted by Gasteiger charge is -2.09. The fourth-order valence-corrected chi connectivity index (χ4v) is 3.03. The molecule has 4 heterocycles. The van der Waals surface area contributed by atoms with Crippen molar-refractivity contribution in [3.05, 3.63) is 48.2 Å². The van der Waals surface area contributed by atoms with Gasteiger partial charge in [-0.15, -0.1) is 15.3 Å². The third-order valence-corrected chi connectivity index (χ3v) is 4.45. The van der Waals surface area contributed by atoms with Crippen molar-refractivity contribution in [2.24, 2.45) is 7.05 Å². The zero-order chi connectivity index (χ0) is 19.8. The van der Waals surface area contributed by atoms with Crippen LogP contribution in [0.5, 0.6) is 5.88 Å². The molecule has 0 unspecified atom stereocenters. The first kappa shape index (κ1) is 17.3. The van der Waals surface area contributed by atoms with Crippen molar-refractivity contribution in [2.45, 2.75) is 13.2 Å². The van der Waals surface area contributed by atoms with E-state index < -0.39 is 0 Å². The van der Waals surface area contributed by atoms with Gasteiger partial charge in [-0.3, -0.25) is 4.68 Å². The number of fused-ring (bicyclic) bond motifs is 3. The lowest BCUT2D eigenvalue weighted by atomic mass is 10.2. The maximum atomic E-state index is 5.98. The summed E-state index contributed by atoms with van der Waals surface area (Å²) in [5.41, 5.74) is 1.10. The van der Waals surface area contributed by atoms with Crippen molar-refractivity contribution in [3.63, 3.8) is 0 Å². The monoisotopic (exact) mass is 392 g/mol. The molecule has 11 nitrogen and oxygen atoms in total. The van der Waals surface area contributed by atoms with E-state index in [-0.39, 0.29) is 6.61 Å². The van der Waals surface area contributed by atoms with E-state index in [1.807, 2.05) is 24.3 Å². The molecule has 0 N–H and O–H groups in total. The fourth-order valence-electron chi connectivity index (χ4n) is 3.03. The van der Waals surface area contributed by atoms with Gasteiger partial charge in [0.1, 0.15) is 19.5 Å². The van der Waals surface area contributed by atoms with Crippen LogP contribution in [-0.4, -0.2) is 46.8 Å². The van der Waals surface area contributed by atoms with Crippen LogP contribution in [0.3, 0.4) is 0 Å². The predicted octanol–water partition coefficient (Wildman–Crippen LogP) is 1.79. The maximum Gasteiger partial charge on any atom is 0.240 e. The van der Waals surface area contributed by atoms with Gasteiger partial charge in [0.15, 0.2) is 22.9 Å². The van der Waals surface area contributed by atoms with Crippen LogP contribution in [0, 0.1) is 0 Å². The fraction of sp³-hybridized carbons (Fsp3) is 0.222. The minimum atomic E-state index is 0.221. The second-order valence-electron chi connectivity index (χ2n) is 6.31. The first-order chi connectivity index (χ1) is 14.2. The third-order valence-electron chi connectivity index (χ3n) is 4.45. The predicted molar refractivity (Wildman–Crippen MR) is 99.8 cm³/mol. The van der Waals surface area contributed by atoms with Crippen LogP contribution in [0.1, 0.15) is 11.6 Å². The van der Waals surface area contributed by atoms with E-state index in [9.17, 15) is 0 Å². The lowest BCUT2D eigenvalue weighted by molar-refractivity contribution is 0.156. The van der Waals surface area contributed by atoms with Crippen LogP contribution in [0.2, 0.25) is 0 Å². The van der Waals surface area contributed by atoms with Crippen molar-refractivity contribution in [2.75, 3.05) is 7.11 Å². The summed E-state index contributed by atoms with van der Waals surface area (Å²) >= 11 is 0. The van der Waals surface area contributed by atoms with Crippen molar-refractivity contribution >= 4 is 16.4 Å². The highest BCUT2D eigenvalue weighted by atomic mass is 16.5. The van der Waals surface area contributed by atoms with Crippen LogP contribution >= 0.6 is 0 Å². The molecule has 11 heteroatoms. The highest BCUT2D eigenvalue weighted by Crippen LogP contribution is 2.29. The van der Waals surface area contributed by atoms with Crippen molar-refractivity contribution in [1.29, 1.82) is 0 Å². The number of aryl methyl sites for hydroxylation is 1. The quantitative estimate of drug-likeness (QED) is 0.426. The minimum Gasteiger partial charge on any atom is -0.468 e. The number of aromatic nitrogens is 8. The van der Waals surface area contributed by atoms with Gasteiger partial charge in [-0.25, -0.2) is 4.98 Å². The number of hydrogen-bond acceptors (Lipinski definition) is 9. The Bertz CT molecular complexity index is 1310. The number of nitrogens with zero attached hydrogens (tertiary/aromatic N) is 8. The lowest BCUT2D eigenvalue weighted by Crippen LogP contribution is -2.07. The second-order valence-corrected chi connectivity index (χ2v) is 6.31. The Morgan fingerprint density at radius 1 is 1.10 bits per heavy atom. The van der Waals surface area contributed by atoms with E-state index in [1.165, 1.54) is 6.33 Å². The largest absolute Gasteiger partial charge is 0.468 e. The van der Waals surface area contributed by atoms with Crippen molar-refractivity contribution < 1.29 is 14.0 Å². The number of ether oxygens (including phenoxy) is 2. The van der Waals surface area contributed by atoms with Crippen LogP contribution in [-0.2, 0) is 25.0 Å². The first-order valence-electron chi connectivity index (χ1n) is 8.79. The summed E-state index contributed by atoms with van der Waals surface area (Å²) in [5.74, 6) is 2.14. The summed E-state index contributed by atoms with van der Waals surface area (Å²) in [6, 6.07) is 9.46. The van der Waals surface area contributed by atoms with Crippen molar-refractivity contribution in [3.8, 4) is 17.4 Å². The molecule has 0 bridgehead atoms. The molecule has 0 radical (unpaired) electrons. The van der Waals surface area contributed by atoms with Gasteiger partial charge in [0.2, 0.25) is 11.7 Å². The zero-order valence-corrected chi connectivity index (χ0v) is 15.7. The van der Waals surface area contributed by atoms with Gasteiger partial charge in [-0.05, 0) is 6.07 Å². The summed E-state index contributed by atoms with van der Waals surface area (Å²) in [4.78, 5) is 4.18. The number of rotatable bonds is 6. The Kier molecular flexibility index (Phi) is 4.13. The SMILES string of the molecule is COCc1cc(-c2nnc3c4ccccc4c(OCc4ncnn4C)nn23)no1. The Hall–Kier alpha value is -3.86. The molecule has 5 aromatic rings. The molecular weight excluding hydrogens is 376 g/mol. The molecule has 0 amide bonds. The number of hydrogen-bond donors (Lipinski definition) is 0. The second kappa shape index (κ2) is 6.95. The van der Waals surface area contributed by atoms with Crippen LogP contribution < -0.4 is 4.74 Å². The summed E-state index contributed by atoms with van der Waals surface area (Å²) in [6.07, 6.45) is 1.48. The van der Waals surface area contributed by atoms with Crippen LogP contribution in [0.4, 0.5) is 0 Å². The van der Waals surface area contributed by atoms with Gasteiger partial charge >= 0.3 is 0 Å². The van der Waals surface area contributed by atoms with E-state index >= 15 is 0 Å². The zero-order valence-electron chi connectivity index (χ0n) is 15.7. The molecular formula is C18H16N8O3. The number of methoxy groups -OCH3 is 1. The summed E-state index contributed by atoms with van der Waals surface area (Å²) in [7, 11) is 3.39. The molecule has 0 aliphatic heterocycles. The molecule has 146 valence electrons. The standard InChI is InChI=1S/C18H16N8O3/c1-25-15(19-10-20-25)9-28-18-13-6-4-3-5-12(13)16-21-22-17(26(16)23-18)14-7-11(8-27-2)29-24-14/h3-7,10H,8-9H2,1-2H3. The van der Waals surface area contributed by atoms with E-state index in [2.05, 4.69) is 30.5 Å². The molecule has 0 aliphatic carbocycles. The number of benzene rings is 1. The minimum absolute atomic E-state index is 0.221. The molecule has 1 aromatic carbocycles. The van der Waals surface area contributed by atoms with E-state index in [1.54, 1.807) is 29.4 Å². The van der Waals surface area contributed by atoms with E-state index in [0.29, 0.717) is 41.2 Å². The topological polar surface area (TPSA) is 118 Å². The smallest absolute Gasteiger partial charge is 0.240 e. The van der Waals surface area contributed by atoms with Gasteiger partial charge in [0.25, 0.3) is 0 Å². The molecule has 29 heavy (non-hydrogen) atoms. The molecule has 0 saturated carbocycles. The van der Waals surface area contributed by atoms with Gasteiger partial charge in [-0.2, -0.15) is 9.61 Å². The molecule has 0 fully saturated rings. The molecule has 4 aromatic heterocycles. The summed E-state index contributed by atoms with van der Waals surface area (Å²) < 4.78 is 19.6. The highest BCUT2D eigenvalue weighted by Gasteiger charge is 2.19. The average molecular weight is 392 g/mol. The molecule has 0 spiro atoms. The Morgan fingerprint density at radius 3 is 2.76 bits per heavy atom. The molecule has 0 atom stereocenters. The molecule has 5 rings (SSSR count). The van der Waals surface area contributed by atoms with Gasteiger partial charge in [0, 0.05) is 31.0 Å². The van der Waals surface area contributed by atoms with Gasteiger partial charge in [-0.1, -0.05) is 23.4 Å². The van der Waals surface area contributed by atoms with E-state index in [4.69, 9.17) is 14.0 Å². The van der Waals surface area contributed by atoms with Crippen molar-refractivity contribution in [1.82, 2.24) is 39.7 Å². The Labute approximate surface area is 163 Å². The average Bonchev–Trinajstić information content (AvgIpc) is 3.46. The van der Waals surface area contributed by atoms with E-state index in [0.717, 1.165) is 10.8 Å². The molecule has 0 aliphatic rings. The first-order valence-corrected chi connectivity index (χ1v) is 8.79. The summed E-state index contributed by atoms with van der Waals surface area (Å²) in [5, 5.41) is 23.0. The van der Waals surface area contributed by atoms with Crippen LogP contribution in [0.15, 0.2) is 41.2 Å². The molecule has 0 saturated heterocycles. The maximum absolute atomic E-state index is 5.98. The Balaban J connectivity index is 1.62. The normalized spacial score (nSPS) is 11.5. The van der Waals surface area contributed by atoms with Gasteiger partial charge in [0.05, 0.1) is 0 Å². The summed E-state index contributed by atoms with van der Waals surface area (Å²) in [6.45, 7) is 0.532. The van der Waals surface area contributed by atoms with Gasteiger partial charge < -0.3 is 14.0 Å². The Morgan fingerprint density at radius 2 is 1.97 bits per heavy atom. The third kappa shape index (κ3) is 2.97. The highest BCUT2D eigenvalue weighted by molar-refractivity contribution is 5.96. The van der Waals surface area contributed by atoms with Crippen LogP contribution in [0.25, 0.3) is 27.9 Å².